The van der Waals surface area contributed by atoms with Crippen LogP contribution in [0.3, 0.4) is 0 Å². The Balaban J connectivity index is 1.23. The first-order valence-electron chi connectivity index (χ1n) is 14.8. The summed E-state index contributed by atoms with van der Waals surface area (Å²) in [6, 6.07) is 0. The lowest BCUT2D eigenvalue weighted by molar-refractivity contribution is -0.291. The molecular weight excluding hydrogens is 488 g/mol. The first kappa shape index (κ1) is 25.7. The summed E-state index contributed by atoms with van der Waals surface area (Å²) in [7, 11) is 0. The normalized spacial score (nSPS) is 59.6. The largest absolute Gasteiger partial charge is 0.460 e. The summed E-state index contributed by atoms with van der Waals surface area (Å²) in [4.78, 5) is 25.7. The summed E-state index contributed by atoms with van der Waals surface area (Å²) in [6.07, 6.45) is 2.73. The highest BCUT2D eigenvalue weighted by Gasteiger charge is 2.85. The fraction of sp³-hybridized carbons (Fsp3) is 0.933. The van der Waals surface area contributed by atoms with Gasteiger partial charge in [-0.2, -0.15) is 0 Å². The average molecular weight is 533 g/mol. The van der Waals surface area contributed by atoms with Crippen LogP contribution in [0.15, 0.2) is 0 Å². The Hall–Kier alpha value is -1.22. The molecule has 0 aromatic heterocycles. The van der Waals surface area contributed by atoms with E-state index in [9.17, 15) is 19.8 Å². The zero-order chi connectivity index (χ0) is 27.2. The van der Waals surface area contributed by atoms with E-state index in [1.807, 2.05) is 6.92 Å². The zero-order valence-corrected chi connectivity index (χ0v) is 23.6. The fourth-order valence-corrected chi connectivity index (χ4v) is 11.3. The number of aliphatic hydroxyl groups excluding tert-OH is 2. The second-order valence-corrected chi connectivity index (χ2v) is 15.0. The van der Waals surface area contributed by atoms with Crippen molar-refractivity contribution in [1.82, 2.24) is 0 Å². The highest BCUT2D eigenvalue weighted by molar-refractivity contribution is 5.83. The van der Waals surface area contributed by atoms with E-state index in [1.165, 1.54) is 6.92 Å². The number of hydrogen-bond donors (Lipinski definition) is 2. The van der Waals surface area contributed by atoms with Crippen molar-refractivity contribution in [3.05, 3.63) is 0 Å². The minimum atomic E-state index is -0.944. The number of ether oxygens (including phenoxy) is 4. The van der Waals surface area contributed by atoms with E-state index in [-0.39, 0.29) is 64.6 Å². The van der Waals surface area contributed by atoms with E-state index < -0.39 is 35.1 Å². The molecule has 2 N–H and O–H groups in total. The lowest BCUT2D eigenvalue weighted by atomic mass is 9.43. The summed E-state index contributed by atoms with van der Waals surface area (Å²) < 4.78 is 25.4. The predicted octanol–water partition coefficient (Wildman–Crippen LogP) is 3.35. The van der Waals surface area contributed by atoms with Crippen LogP contribution in [0, 0.1) is 46.3 Å². The summed E-state index contributed by atoms with van der Waals surface area (Å²) >= 11 is 0. The Labute approximate surface area is 225 Å². The molecule has 14 atom stereocenters. The summed E-state index contributed by atoms with van der Waals surface area (Å²) in [6.45, 7) is 11.9. The number of hydrogen-bond acceptors (Lipinski definition) is 8. The van der Waals surface area contributed by atoms with Gasteiger partial charge in [0.25, 0.3) is 0 Å². The molecule has 4 saturated carbocycles. The Morgan fingerprint density at radius 3 is 2.42 bits per heavy atom. The number of carbonyl (C=O) groups excluding carboxylic acids is 2. The van der Waals surface area contributed by atoms with Crippen LogP contribution >= 0.6 is 0 Å². The van der Waals surface area contributed by atoms with E-state index in [4.69, 9.17) is 18.9 Å². The van der Waals surface area contributed by atoms with E-state index in [0.717, 1.165) is 19.3 Å². The third-order valence-corrected chi connectivity index (χ3v) is 13.0. The van der Waals surface area contributed by atoms with Gasteiger partial charge >= 0.3 is 11.9 Å². The Bertz CT molecular complexity index is 1070. The first-order valence-corrected chi connectivity index (χ1v) is 14.8. The molecule has 0 aromatic carbocycles. The quantitative estimate of drug-likeness (QED) is 0.495. The molecule has 0 amide bonds. The summed E-state index contributed by atoms with van der Waals surface area (Å²) in [5, 5.41) is 22.9. The molecule has 0 radical (unpaired) electrons. The minimum Gasteiger partial charge on any atom is -0.460 e. The Morgan fingerprint density at radius 2 is 1.76 bits per heavy atom. The van der Waals surface area contributed by atoms with Crippen molar-refractivity contribution in [2.24, 2.45) is 46.3 Å². The summed E-state index contributed by atoms with van der Waals surface area (Å²) in [5.41, 5.74) is -2.31. The predicted molar refractivity (Wildman–Crippen MR) is 134 cm³/mol. The molecule has 4 aliphatic carbocycles. The lowest BCUT2D eigenvalue weighted by Crippen LogP contribution is -2.62. The second-order valence-electron chi connectivity index (χ2n) is 15.0. The van der Waals surface area contributed by atoms with Gasteiger partial charge in [-0.25, -0.2) is 0 Å². The average Bonchev–Trinajstić information content (AvgIpc) is 3.40. The van der Waals surface area contributed by atoms with Crippen molar-refractivity contribution in [2.75, 3.05) is 0 Å². The van der Waals surface area contributed by atoms with Gasteiger partial charge in [0, 0.05) is 19.3 Å². The van der Waals surface area contributed by atoms with Crippen LogP contribution in [0.4, 0.5) is 0 Å². The molecule has 3 heterocycles. The number of aliphatic hydroxyl groups is 2. The van der Waals surface area contributed by atoms with Crippen molar-refractivity contribution in [3.63, 3.8) is 0 Å². The molecule has 2 spiro atoms. The van der Waals surface area contributed by atoms with Crippen molar-refractivity contribution >= 4 is 11.9 Å². The van der Waals surface area contributed by atoms with Crippen LogP contribution < -0.4 is 0 Å². The molecular formula is C30H44O8. The van der Waals surface area contributed by atoms with Gasteiger partial charge in [0.2, 0.25) is 5.79 Å². The van der Waals surface area contributed by atoms with E-state index >= 15 is 0 Å². The first-order chi connectivity index (χ1) is 17.7. The molecule has 7 rings (SSSR count). The van der Waals surface area contributed by atoms with Gasteiger partial charge in [-0.05, 0) is 94.3 Å². The third-order valence-electron chi connectivity index (χ3n) is 13.0. The van der Waals surface area contributed by atoms with Crippen LogP contribution in [-0.2, 0) is 28.5 Å². The zero-order valence-electron chi connectivity index (χ0n) is 23.6. The van der Waals surface area contributed by atoms with E-state index in [2.05, 4.69) is 27.7 Å². The van der Waals surface area contributed by atoms with Crippen LogP contribution in [0.5, 0.6) is 0 Å². The fourth-order valence-electron chi connectivity index (χ4n) is 11.3. The highest BCUT2D eigenvalue weighted by Crippen LogP contribution is 2.76. The Kier molecular flexibility index (Phi) is 5.10. The van der Waals surface area contributed by atoms with Gasteiger partial charge in [0.05, 0.1) is 29.3 Å². The lowest BCUT2D eigenvalue weighted by Gasteiger charge is -2.62. The second kappa shape index (κ2) is 7.54. The van der Waals surface area contributed by atoms with Crippen LogP contribution in [0.1, 0.15) is 86.5 Å². The van der Waals surface area contributed by atoms with E-state index in [1.54, 1.807) is 0 Å². The van der Waals surface area contributed by atoms with Crippen molar-refractivity contribution in [1.29, 1.82) is 0 Å². The molecule has 7 aliphatic rings. The molecule has 3 saturated heterocycles. The van der Waals surface area contributed by atoms with Crippen LogP contribution in [-0.4, -0.2) is 63.6 Å². The van der Waals surface area contributed by atoms with Crippen molar-refractivity contribution in [3.8, 4) is 0 Å². The topological polar surface area (TPSA) is 112 Å². The van der Waals surface area contributed by atoms with Crippen LogP contribution in [0.25, 0.3) is 0 Å². The highest BCUT2D eigenvalue weighted by atomic mass is 16.8. The maximum atomic E-state index is 14.0. The molecule has 212 valence electrons. The third kappa shape index (κ3) is 2.86. The maximum absolute atomic E-state index is 14.0. The smallest absolute Gasteiger partial charge is 0.313 e. The minimum absolute atomic E-state index is 0.0288. The van der Waals surface area contributed by atoms with Gasteiger partial charge in [0.15, 0.2) is 5.60 Å². The standard InChI is InChI=1S/C30H44O8/c1-14-11-30(38-26(14,3)4)28(6)24-22(36-30)10-18-17-8-7-16-9-21(35-15(2)31)19(32)12-27(16,5)23(17)20(33)13-29(18,24)25(34)37-28/h14,16-24,32-33H,7-13H2,1-6H3/t14-,16-,17-,18-,19+,20-,21-,22-,23+,24+,27-,28+,29+,30-/m0/s1. The summed E-state index contributed by atoms with van der Waals surface area (Å²) in [5.74, 6) is -0.925. The molecule has 0 aromatic rings. The Morgan fingerprint density at radius 1 is 1.03 bits per heavy atom. The molecule has 0 unspecified atom stereocenters. The maximum Gasteiger partial charge on any atom is 0.313 e. The van der Waals surface area contributed by atoms with Gasteiger partial charge in [-0.1, -0.05) is 13.8 Å². The van der Waals surface area contributed by atoms with Gasteiger partial charge in [-0.3, -0.25) is 9.59 Å². The van der Waals surface area contributed by atoms with Crippen molar-refractivity contribution in [2.45, 2.75) is 128 Å². The van der Waals surface area contributed by atoms with E-state index in [0.29, 0.717) is 25.7 Å². The number of esters is 2. The molecule has 3 aliphatic heterocycles. The van der Waals surface area contributed by atoms with Gasteiger partial charge in [0.1, 0.15) is 6.10 Å². The monoisotopic (exact) mass is 532 g/mol. The SMILES string of the molecule is CC(=O)O[C@H]1C[C@@H]2CC[C@@H]3[C@H]([C@@H](O)C[C@]45C(=O)O[C@]6(C)[C@H]4[C@H](C[C@@H]35)O[C@]63C[C@H](C)C(C)(C)O3)[C@@]2(C)C[C@H]1O. The molecule has 8 nitrogen and oxygen atoms in total. The molecule has 0 bridgehead atoms. The number of rotatable bonds is 1. The number of fused-ring (bicyclic) bond motifs is 5. The van der Waals surface area contributed by atoms with Gasteiger partial charge < -0.3 is 29.2 Å². The van der Waals surface area contributed by atoms with Gasteiger partial charge in [-0.15, -0.1) is 0 Å². The molecule has 38 heavy (non-hydrogen) atoms. The molecule has 8 heteroatoms. The molecule has 7 fully saturated rings. The van der Waals surface area contributed by atoms with Crippen LogP contribution in [0.2, 0.25) is 0 Å². The number of carbonyl (C=O) groups is 2. The van der Waals surface area contributed by atoms with Crippen molar-refractivity contribution < 1.29 is 38.7 Å².